The molecule has 1 aromatic carbocycles. The van der Waals surface area contributed by atoms with E-state index in [-0.39, 0.29) is 11.9 Å². The molecule has 3 rings (SSSR count). The summed E-state index contributed by atoms with van der Waals surface area (Å²) in [4.78, 5) is 2.36. The van der Waals surface area contributed by atoms with Crippen LogP contribution in [-0.4, -0.2) is 35.2 Å². The fourth-order valence-electron chi connectivity index (χ4n) is 3.53. The highest BCUT2D eigenvalue weighted by Crippen LogP contribution is 2.37. The molecule has 0 amide bonds. The Hall–Kier alpha value is -1.13. The first-order valence-corrected chi connectivity index (χ1v) is 7.56. The van der Waals surface area contributed by atoms with E-state index in [0.29, 0.717) is 24.0 Å². The van der Waals surface area contributed by atoms with Crippen molar-refractivity contribution >= 4 is 0 Å². The molecular weight excluding hydrogens is 257 g/mol. The smallest absolute Gasteiger partial charge is 0.125 e. The van der Waals surface area contributed by atoms with E-state index in [1.54, 1.807) is 6.07 Å². The summed E-state index contributed by atoms with van der Waals surface area (Å²) in [6.07, 6.45) is 4.01. The van der Waals surface area contributed by atoms with Crippen molar-refractivity contribution in [3.05, 3.63) is 29.6 Å². The zero-order chi connectivity index (χ0) is 14.1. The molecule has 2 aliphatic heterocycles. The summed E-state index contributed by atoms with van der Waals surface area (Å²) in [5.74, 6) is 0.290. The fraction of sp³-hybridized carbons (Fsp3) is 0.625. The third kappa shape index (κ3) is 2.42. The van der Waals surface area contributed by atoms with Crippen LogP contribution in [0.4, 0.5) is 4.39 Å². The molecule has 1 saturated heterocycles. The van der Waals surface area contributed by atoms with E-state index < -0.39 is 6.10 Å². The highest BCUT2D eigenvalue weighted by molar-refractivity contribution is 5.38. The number of halogens is 1. The normalized spacial score (nSPS) is 30.6. The van der Waals surface area contributed by atoms with Crippen LogP contribution in [0.3, 0.4) is 0 Å². The van der Waals surface area contributed by atoms with E-state index in [1.165, 1.54) is 25.0 Å². The average molecular weight is 279 g/mol. The van der Waals surface area contributed by atoms with E-state index in [1.807, 2.05) is 0 Å². The van der Waals surface area contributed by atoms with Crippen LogP contribution in [0.5, 0.6) is 5.75 Å². The van der Waals surface area contributed by atoms with E-state index in [4.69, 9.17) is 4.74 Å². The molecular formula is C16H22FNO2. The van der Waals surface area contributed by atoms with Gasteiger partial charge in [-0.1, -0.05) is 13.3 Å². The Bertz CT molecular complexity index is 480. The lowest BCUT2D eigenvalue weighted by atomic mass is 9.92. The number of hydrogen-bond donors (Lipinski definition) is 1. The lowest BCUT2D eigenvalue weighted by molar-refractivity contribution is -0.0295. The van der Waals surface area contributed by atoms with Crippen molar-refractivity contribution in [2.24, 2.45) is 0 Å². The minimum Gasteiger partial charge on any atom is -0.491 e. The number of rotatable bonds is 2. The van der Waals surface area contributed by atoms with Crippen molar-refractivity contribution in [2.45, 2.75) is 50.8 Å². The SMILES string of the molecule is CCC1CCCCN1C1COc2ccc(F)cc2C1O. The lowest BCUT2D eigenvalue weighted by Crippen LogP contribution is -2.52. The van der Waals surface area contributed by atoms with Gasteiger partial charge in [-0.3, -0.25) is 4.90 Å². The molecule has 0 aliphatic carbocycles. The third-order valence-corrected chi connectivity index (χ3v) is 4.63. The molecule has 0 bridgehead atoms. The summed E-state index contributed by atoms with van der Waals surface area (Å²) in [5.41, 5.74) is 0.585. The summed E-state index contributed by atoms with van der Waals surface area (Å²) in [6.45, 7) is 3.66. The van der Waals surface area contributed by atoms with Crippen LogP contribution in [-0.2, 0) is 0 Å². The van der Waals surface area contributed by atoms with Gasteiger partial charge in [-0.15, -0.1) is 0 Å². The summed E-state index contributed by atoms with van der Waals surface area (Å²) >= 11 is 0. The largest absolute Gasteiger partial charge is 0.491 e. The molecule has 0 aromatic heterocycles. The number of hydrogen-bond acceptors (Lipinski definition) is 3. The molecule has 0 radical (unpaired) electrons. The van der Waals surface area contributed by atoms with Gasteiger partial charge in [0.25, 0.3) is 0 Å². The summed E-state index contributed by atoms with van der Waals surface area (Å²) < 4.78 is 19.1. The topological polar surface area (TPSA) is 32.7 Å². The number of nitrogens with zero attached hydrogens (tertiary/aromatic N) is 1. The van der Waals surface area contributed by atoms with Crippen molar-refractivity contribution in [2.75, 3.05) is 13.2 Å². The van der Waals surface area contributed by atoms with Crippen LogP contribution in [0, 0.1) is 5.82 Å². The first-order chi connectivity index (χ1) is 9.70. The summed E-state index contributed by atoms with van der Waals surface area (Å²) in [6, 6.07) is 4.83. The number of fused-ring (bicyclic) bond motifs is 1. The Morgan fingerprint density at radius 3 is 3.05 bits per heavy atom. The molecule has 3 atom stereocenters. The maximum Gasteiger partial charge on any atom is 0.125 e. The molecule has 3 unspecified atom stereocenters. The Kier molecular flexibility index (Phi) is 3.94. The number of aliphatic hydroxyl groups is 1. The standard InChI is InChI=1S/C16H22FNO2/c1-2-12-5-3-4-8-18(12)14-10-20-15-7-6-11(17)9-13(15)16(14)19/h6-7,9,12,14,16,19H,2-5,8,10H2,1H3. The minimum absolute atomic E-state index is 0.0606. The molecule has 3 nitrogen and oxygen atoms in total. The molecule has 110 valence electrons. The Morgan fingerprint density at radius 1 is 1.40 bits per heavy atom. The number of benzene rings is 1. The molecule has 0 spiro atoms. The predicted molar refractivity (Wildman–Crippen MR) is 75.3 cm³/mol. The first kappa shape index (κ1) is 13.8. The van der Waals surface area contributed by atoms with Gasteiger partial charge in [0, 0.05) is 11.6 Å². The van der Waals surface area contributed by atoms with E-state index in [2.05, 4.69) is 11.8 Å². The van der Waals surface area contributed by atoms with Crippen molar-refractivity contribution in [3.63, 3.8) is 0 Å². The van der Waals surface area contributed by atoms with Gasteiger partial charge in [-0.05, 0) is 44.0 Å². The van der Waals surface area contributed by atoms with Gasteiger partial charge in [-0.25, -0.2) is 4.39 Å². The van der Waals surface area contributed by atoms with Crippen LogP contribution in [0.15, 0.2) is 18.2 Å². The van der Waals surface area contributed by atoms with E-state index in [9.17, 15) is 9.50 Å². The number of piperidine rings is 1. The Morgan fingerprint density at radius 2 is 2.25 bits per heavy atom. The number of aliphatic hydroxyl groups excluding tert-OH is 1. The van der Waals surface area contributed by atoms with Gasteiger partial charge in [0.05, 0.1) is 6.04 Å². The number of likely N-dealkylation sites (tertiary alicyclic amines) is 1. The quantitative estimate of drug-likeness (QED) is 0.903. The van der Waals surface area contributed by atoms with Crippen LogP contribution in [0.25, 0.3) is 0 Å². The molecule has 2 aliphatic rings. The van der Waals surface area contributed by atoms with Crippen molar-refractivity contribution in [3.8, 4) is 5.75 Å². The van der Waals surface area contributed by atoms with Gasteiger partial charge in [0.15, 0.2) is 0 Å². The minimum atomic E-state index is -0.665. The van der Waals surface area contributed by atoms with Gasteiger partial charge in [0.1, 0.15) is 24.3 Å². The second kappa shape index (κ2) is 5.70. The molecule has 4 heteroatoms. The predicted octanol–water partition coefficient (Wildman–Crippen LogP) is 2.88. The molecule has 1 aromatic rings. The zero-order valence-corrected chi connectivity index (χ0v) is 11.9. The van der Waals surface area contributed by atoms with E-state index in [0.717, 1.165) is 19.4 Å². The Balaban J connectivity index is 1.85. The molecule has 2 heterocycles. The van der Waals surface area contributed by atoms with Gasteiger partial charge in [-0.2, -0.15) is 0 Å². The number of ether oxygens (including phenoxy) is 1. The third-order valence-electron chi connectivity index (χ3n) is 4.63. The van der Waals surface area contributed by atoms with Crippen molar-refractivity contribution in [1.29, 1.82) is 0 Å². The summed E-state index contributed by atoms with van der Waals surface area (Å²) in [5, 5.41) is 10.6. The molecule has 1 N–H and O–H groups in total. The maximum absolute atomic E-state index is 13.4. The molecule has 20 heavy (non-hydrogen) atoms. The van der Waals surface area contributed by atoms with Gasteiger partial charge >= 0.3 is 0 Å². The highest BCUT2D eigenvalue weighted by Gasteiger charge is 2.37. The molecule has 0 saturated carbocycles. The van der Waals surface area contributed by atoms with Gasteiger partial charge in [0.2, 0.25) is 0 Å². The van der Waals surface area contributed by atoms with Crippen LogP contribution in [0.2, 0.25) is 0 Å². The zero-order valence-electron chi connectivity index (χ0n) is 11.9. The highest BCUT2D eigenvalue weighted by atomic mass is 19.1. The second-order valence-electron chi connectivity index (χ2n) is 5.80. The second-order valence-corrected chi connectivity index (χ2v) is 5.80. The van der Waals surface area contributed by atoms with Crippen LogP contribution >= 0.6 is 0 Å². The first-order valence-electron chi connectivity index (χ1n) is 7.56. The van der Waals surface area contributed by atoms with Gasteiger partial charge < -0.3 is 9.84 Å². The Labute approximate surface area is 119 Å². The van der Waals surface area contributed by atoms with Crippen molar-refractivity contribution in [1.82, 2.24) is 4.90 Å². The average Bonchev–Trinajstić information content (AvgIpc) is 2.48. The lowest BCUT2D eigenvalue weighted by Gasteiger charge is -2.44. The summed E-state index contributed by atoms with van der Waals surface area (Å²) in [7, 11) is 0. The molecule has 1 fully saturated rings. The van der Waals surface area contributed by atoms with Crippen LogP contribution in [0.1, 0.15) is 44.3 Å². The van der Waals surface area contributed by atoms with E-state index >= 15 is 0 Å². The maximum atomic E-state index is 13.4. The van der Waals surface area contributed by atoms with Crippen LogP contribution < -0.4 is 4.74 Å². The van der Waals surface area contributed by atoms with Crippen molar-refractivity contribution < 1.29 is 14.2 Å². The monoisotopic (exact) mass is 279 g/mol. The fourth-order valence-corrected chi connectivity index (χ4v) is 3.53.